The van der Waals surface area contributed by atoms with Gasteiger partial charge in [0.15, 0.2) is 0 Å². The van der Waals surface area contributed by atoms with Gasteiger partial charge in [-0.25, -0.2) is 13.8 Å². The molecule has 0 radical (unpaired) electrons. The lowest BCUT2D eigenvalue weighted by Gasteiger charge is -2.22. The highest BCUT2D eigenvalue weighted by Gasteiger charge is 2.28. The second-order valence-corrected chi connectivity index (χ2v) is 5.76. The Morgan fingerprint density at radius 1 is 1.20 bits per heavy atom. The van der Waals surface area contributed by atoms with E-state index >= 15 is 0 Å². The summed E-state index contributed by atoms with van der Waals surface area (Å²) in [7, 11) is 0. The quantitative estimate of drug-likeness (QED) is 0.644. The predicted octanol–water partition coefficient (Wildman–Crippen LogP) is 4.12. The van der Waals surface area contributed by atoms with Gasteiger partial charge >= 0.3 is 5.69 Å². The van der Waals surface area contributed by atoms with Gasteiger partial charge in [-0.1, -0.05) is 6.42 Å². The number of aromatic nitrogens is 2. The van der Waals surface area contributed by atoms with Gasteiger partial charge in [-0.15, -0.1) is 0 Å². The molecule has 7 nitrogen and oxygen atoms in total. The molecule has 1 aromatic carbocycles. The summed E-state index contributed by atoms with van der Waals surface area (Å²) in [6, 6.07) is 2.85. The number of benzene rings is 1. The van der Waals surface area contributed by atoms with Crippen LogP contribution in [0.4, 0.5) is 26.0 Å². The molecule has 1 aromatic heterocycles. The smallest absolute Gasteiger partial charge is 0.373 e. The summed E-state index contributed by atoms with van der Waals surface area (Å²) in [6.45, 7) is 0. The lowest BCUT2D eigenvalue weighted by molar-refractivity contribution is -0.385. The van der Waals surface area contributed by atoms with Gasteiger partial charge in [0.05, 0.1) is 10.6 Å². The number of rotatable bonds is 5. The van der Waals surface area contributed by atoms with Crippen LogP contribution in [0.1, 0.15) is 32.1 Å². The van der Waals surface area contributed by atoms with E-state index in [1.165, 1.54) is 0 Å². The Balaban J connectivity index is 1.90. The minimum Gasteiger partial charge on any atom is -0.469 e. The van der Waals surface area contributed by atoms with E-state index in [2.05, 4.69) is 15.3 Å². The summed E-state index contributed by atoms with van der Waals surface area (Å²) in [6.07, 6.45) is 5.67. The van der Waals surface area contributed by atoms with E-state index < -0.39 is 22.2 Å². The zero-order chi connectivity index (χ0) is 17.8. The molecule has 1 N–H and O–H groups in total. The van der Waals surface area contributed by atoms with Crippen LogP contribution in [0.3, 0.4) is 0 Å². The zero-order valence-corrected chi connectivity index (χ0v) is 13.2. The molecule has 9 heteroatoms. The van der Waals surface area contributed by atoms with Crippen LogP contribution < -0.4 is 10.1 Å². The molecule has 0 spiro atoms. The Labute approximate surface area is 142 Å². The average Bonchev–Trinajstić information content (AvgIpc) is 2.58. The number of hydrogen-bond donors (Lipinski definition) is 1. The van der Waals surface area contributed by atoms with Gasteiger partial charge in [-0.2, -0.15) is 4.98 Å². The van der Waals surface area contributed by atoms with Crippen LogP contribution in [0, 0.1) is 21.7 Å². The molecule has 1 aliphatic carbocycles. The molecule has 1 fully saturated rings. The SMILES string of the molecule is O=[N+]([O-])c1c(Nc2ccc(F)cc2F)ncnc1OC1CCCCC1. The minimum absolute atomic E-state index is 0.133. The molecule has 1 heterocycles. The van der Waals surface area contributed by atoms with E-state index in [0.717, 1.165) is 50.6 Å². The summed E-state index contributed by atoms with van der Waals surface area (Å²) in [5.74, 6) is -2.00. The van der Waals surface area contributed by atoms with E-state index in [1.54, 1.807) is 0 Å². The maximum Gasteiger partial charge on any atom is 0.373 e. The van der Waals surface area contributed by atoms with Crippen molar-refractivity contribution in [3.05, 3.63) is 46.3 Å². The van der Waals surface area contributed by atoms with E-state index in [9.17, 15) is 18.9 Å². The van der Waals surface area contributed by atoms with Crippen LogP contribution in [-0.4, -0.2) is 21.0 Å². The van der Waals surface area contributed by atoms with Gasteiger partial charge in [0.25, 0.3) is 5.88 Å². The topological polar surface area (TPSA) is 90.2 Å². The van der Waals surface area contributed by atoms with Gasteiger partial charge < -0.3 is 10.1 Å². The highest BCUT2D eigenvalue weighted by molar-refractivity contribution is 5.68. The van der Waals surface area contributed by atoms with Crippen molar-refractivity contribution in [2.75, 3.05) is 5.32 Å². The molecule has 3 rings (SSSR count). The number of nitrogens with zero attached hydrogens (tertiary/aromatic N) is 3. The first-order valence-electron chi connectivity index (χ1n) is 7.92. The standard InChI is InChI=1S/C16H16F2N4O3/c17-10-6-7-13(12(18)8-10)21-15-14(22(23)24)16(20-9-19-15)25-11-4-2-1-3-5-11/h6-9,11H,1-5H2,(H,19,20,21). The lowest BCUT2D eigenvalue weighted by atomic mass is 9.98. The maximum atomic E-state index is 13.8. The first-order chi connectivity index (χ1) is 12.0. The molecule has 1 aliphatic rings. The largest absolute Gasteiger partial charge is 0.469 e. The fraction of sp³-hybridized carbons (Fsp3) is 0.375. The second-order valence-electron chi connectivity index (χ2n) is 5.76. The highest BCUT2D eigenvalue weighted by Crippen LogP contribution is 2.35. The van der Waals surface area contributed by atoms with Crippen molar-refractivity contribution in [1.29, 1.82) is 0 Å². The third kappa shape index (κ3) is 3.98. The molecule has 132 valence electrons. The summed E-state index contributed by atoms with van der Waals surface area (Å²) >= 11 is 0. The van der Waals surface area contributed by atoms with Gasteiger partial charge in [0.2, 0.25) is 5.82 Å². The summed E-state index contributed by atoms with van der Waals surface area (Å²) < 4.78 is 32.5. The number of halogens is 2. The van der Waals surface area contributed by atoms with E-state index in [0.29, 0.717) is 6.07 Å². The molecule has 0 bridgehead atoms. The summed E-state index contributed by atoms with van der Waals surface area (Å²) in [5.41, 5.74) is -0.608. The van der Waals surface area contributed by atoms with E-state index in [-0.39, 0.29) is 23.5 Å². The number of nitro groups is 1. The Bertz CT molecular complexity index is 782. The normalized spacial score (nSPS) is 15.0. The van der Waals surface area contributed by atoms with E-state index in [1.807, 2.05) is 0 Å². The van der Waals surface area contributed by atoms with Crippen molar-refractivity contribution in [3.63, 3.8) is 0 Å². The Hall–Kier alpha value is -2.84. The van der Waals surface area contributed by atoms with Crippen molar-refractivity contribution in [3.8, 4) is 5.88 Å². The number of anilines is 2. The van der Waals surface area contributed by atoms with Crippen molar-refractivity contribution in [2.45, 2.75) is 38.2 Å². The Morgan fingerprint density at radius 3 is 2.64 bits per heavy atom. The molecule has 0 unspecified atom stereocenters. The molecule has 2 aromatic rings. The Kier molecular flexibility index (Phi) is 5.01. The Morgan fingerprint density at radius 2 is 1.96 bits per heavy atom. The van der Waals surface area contributed by atoms with Crippen LogP contribution in [-0.2, 0) is 0 Å². The van der Waals surface area contributed by atoms with Crippen LogP contribution in [0.25, 0.3) is 0 Å². The van der Waals surface area contributed by atoms with Gasteiger partial charge in [0, 0.05) is 6.07 Å². The molecule has 0 aliphatic heterocycles. The van der Waals surface area contributed by atoms with Crippen molar-refractivity contribution < 1.29 is 18.4 Å². The van der Waals surface area contributed by atoms with Crippen molar-refractivity contribution >= 4 is 17.2 Å². The maximum absolute atomic E-state index is 13.8. The van der Waals surface area contributed by atoms with Gasteiger partial charge in [0.1, 0.15) is 24.1 Å². The first kappa shape index (κ1) is 17.0. The summed E-state index contributed by atoms with van der Waals surface area (Å²) in [5, 5.41) is 14.0. The predicted molar refractivity (Wildman–Crippen MR) is 85.8 cm³/mol. The van der Waals surface area contributed by atoms with Crippen LogP contribution in [0.2, 0.25) is 0 Å². The first-order valence-corrected chi connectivity index (χ1v) is 7.92. The molecule has 0 atom stereocenters. The zero-order valence-electron chi connectivity index (χ0n) is 13.2. The monoisotopic (exact) mass is 350 g/mol. The van der Waals surface area contributed by atoms with Crippen molar-refractivity contribution in [2.24, 2.45) is 0 Å². The number of ether oxygens (including phenoxy) is 1. The third-order valence-corrected chi connectivity index (χ3v) is 3.99. The molecule has 1 saturated carbocycles. The fourth-order valence-corrected chi connectivity index (χ4v) is 2.76. The van der Waals surface area contributed by atoms with Gasteiger partial charge in [-0.3, -0.25) is 10.1 Å². The number of nitrogens with one attached hydrogen (secondary N) is 1. The van der Waals surface area contributed by atoms with Crippen LogP contribution in [0.15, 0.2) is 24.5 Å². The highest BCUT2D eigenvalue weighted by atomic mass is 19.1. The average molecular weight is 350 g/mol. The number of hydrogen-bond acceptors (Lipinski definition) is 6. The molecule has 25 heavy (non-hydrogen) atoms. The van der Waals surface area contributed by atoms with Crippen molar-refractivity contribution in [1.82, 2.24) is 9.97 Å². The van der Waals surface area contributed by atoms with Gasteiger partial charge in [-0.05, 0) is 37.8 Å². The fourth-order valence-electron chi connectivity index (χ4n) is 2.76. The molecular formula is C16H16F2N4O3. The second kappa shape index (κ2) is 7.37. The van der Waals surface area contributed by atoms with Crippen LogP contribution >= 0.6 is 0 Å². The minimum atomic E-state index is -0.886. The molecular weight excluding hydrogens is 334 g/mol. The van der Waals surface area contributed by atoms with Crippen LogP contribution in [0.5, 0.6) is 5.88 Å². The summed E-state index contributed by atoms with van der Waals surface area (Å²) in [4.78, 5) is 18.5. The molecule has 0 amide bonds. The lowest BCUT2D eigenvalue weighted by Crippen LogP contribution is -2.21. The third-order valence-electron chi connectivity index (χ3n) is 3.99. The molecule has 0 saturated heterocycles. The van der Waals surface area contributed by atoms with E-state index in [4.69, 9.17) is 4.74 Å².